The molecule has 0 atom stereocenters. The summed E-state index contributed by atoms with van der Waals surface area (Å²) in [5.41, 5.74) is 10.1. The molecule has 0 aliphatic rings. The Bertz CT molecular complexity index is 134. The monoisotopic (exact) mass is 147 g/mol. The molecule has 0 saturated carbocycles. The van der Waals surface area contributed by atoms with E-state index >= 15 is 0 Å². The molecule has 9 heavy (non-hydrogen) atoms. The van der Waals surface area contributed by atoms with E-state index in [0.717, 1.165) is 0 Å². The van der Waals surface area contributed by atoms with Crippen molar-refractivity contribution in [1.29, 1.82) is 0 Å². The van der Waals surface area contributed by atoms with Gasteiger partial charge in [-0.05, 0) is 19.1 Å². The maximum absolute atomic E-state index is 5.15. The van der Waals surface area contributed by atoms with E-state index in [9.17, 15) is 0 Å². The summed E-state index contributed by atoms with van der Waals surface area (Å²) in [6.07, 6.45) is 0. The van der Waals surface area contributed by atoms with Crippen molar-refractivity contribution in [2.75, 3.05) is 6.54 Å². The molecule has 0 fully saturated rings. The summed E-state index contributed by atoms with van der Waals surface area (Å²) in [4.78, 5) is 3.67. The van der Waals surface area contributed by atoms with Gasteiger partial charge in [0.05, 0.1) is 0 Å². The average molecular weight is 147 g/mol. The van der Waals surface area contributed by atoms with Gasteiger partial charge >= 0.3 is 0 Å². The largest absolute Gasteiger partial charge is 0.399 e. The van der Waals surface area contributed by atoms with Crippen molar-refractivity contribution in [3.63, 3.8) is 0 Å². The van der Waals surface area contributed by atoms with Gasteiger partial charge in [-0.3, -0.25) is 0 Å². The molecule has 0 saturated heterocycles. The number of hydrogen-bond acceptors (Lipinski definition) is 3. The van der Waals surface area contributed by atoms with E-state index in [0.29, 0.717) is 6.54 Å². The van der Waals surface area contributed by atoms with Crippen molar-refractivity contribution < 1.29 is 4.74 Å². The maximum atomic E-state index is 5.15. The minimum atomic E-state index is -0.107. The molecule has 0 aliphatic heterocycles. The summed E-state index contributed by atoms with van der Waals surface area (Å²) in [6, 6.07) is 0.0185. The number of amidine groups is 1. The lowest BCUT2D eigenvalue weighted by atomic mass is 10.8. The number of rotatable bonds is 1. The Morgan fingerprint density at radius 3 is 2.56 bits per heavy atom. The van der Waals surface area contributed by atoms with E-state index < -0.39 is 0 Å². The first-order valence-corrected chi connectivity index (χ1v) is 2.84. The highest BCUT2D eigenvalue weighted by atomic mass is 32.1. The van der Waals surface area contributed by atoms with Crippen LogP contribution >= 0.6 is 12.2 Å². The van der Waals surface area contributed by atoms with Gasteiger partial charge in [0.25, 0.3) is 11.2 Å². The second-order valence-corrected chi connectivity index (χ2v) is 1.64. The molecule has 0 bridgehead atoms. The van der Waals surface area contributed by atoms with E-state index in [1.807, 2.05) is 6.92 Å². The quantitative estimate of drug-likeness (QED) is 0.300. The van der Waals surface area contributed by atoms with Crippen molar-refractivity contribution in [2.45, 2.75) is 6.92 Å². The first-order valence-electron chi connectivity index (χ1n) is 2.44. The van der Waals surface area contributed by atoms with E-state index in [-0.39, 0.29) is 11.2 Å². The third-order valence-corrected chi connectivity index (χ3v) is 0.602. The van der Waals surface area contributed by atoms with E-state index in [2.05, 4.69) is 21.9 Å². The average Bonchev–Trinajstić information content (AvgIpc) is 1.63. The van der Waals surface area contributed by atoms with Crippen LogP contribution in [0.15, 0.2) is 4.99 Å². The summed E-state index contributed by atoms with van der Waals surface area (Å²) in [5.74, 6) is 0. The molecule has 0 spiro atoms. The molecular formula is C4H9N3OS. The van der Waals surface area contributed by atoms with E-state index in [1.54, 1.807) is 0 Å². The van der Waals surface area contributed by atoms with Crippen LogP contribution in [0.2, 0.25) is 0 Å². The highest BCUT2D eigenvalue weighted by Gasteiger charge is 1.91. The predicted molar refractivity (Wildman–Crippen MR) is 40.0 cm³/mol. The van der Waals surface area contributed by atoms with Gasteiger partial charge in [0.15, 0.2) is 0 Å². The fourth-order valence-corrected chi connectivity index (χ4v) is 0.377. The van der Waals surface area contributed by atoms with Crippen LogP contribution < -0.4 is 11.5 Å². The van der Waals surface area contributed by atoms with Gasteiger partial charge in [-0.2, -0.15) is 0 Å². The number of ether oxygens (including phenoxy) is 1. The third kappa shape index (κ3) is 5.02. The Morgan fingerprint density at radius 1 is 1.67 bits per heavy atom. The number of aliphatic imine (C=N–C) groups is 1. The Kier molecular flexibility index (Phi) is 3.70. The number of nitrogens with zero attached hydrogens (tertiary/aromatic N) is 1. The van der Waals surface area contributed by atoms with Crippen LogP contribution in [0.5, 0.6) is 0 Å². The molecule has 0 amide bonds. The summed E-state index contributed by atoms with van der Waals surface area (Å²) in [7, 11) is 0. The van der Waals surface area contributed by atoms with Crippen molar-refractivity contribution in [2.24, 2.45) is 16.5 Å². The zero-order valence-electron chi connectivity index (χ0n) is 5.13. The van der Waals surface area contributed by atoms with Gasteiger partial charge in [0, 0.05) is 6.54 Å². The van der Waals surface area contributed by atoms with Gasteiger partial charge in [-0.15, -0.1) is 0 Å². The Labute approximate surface area is 58.9 Å². The normalized spacial score (nSPS) is 11.0. The van der Waals surface area contributed by atoms with Crippen LogP contribution in [0.1, 0.15) is 6.92 Å². The fourth-order valence-electron chi connectivity index (χ4n) is 0.291. The molecule has 0 rings (SSSR count). The van der Waals surface area contributed by atoms with Gasteiger partial charge in [0.1, 0.15) is 0 Å². The van der Waals surface area contributed by atoms with Crippen LogP contribution in [-0.2, 0) is 4.74 Å². The Hall–Kier alpha value is -0.840. The lowest BCUT2D eigenvalue weighted by Gasteiger charge is -1.98. The smallest absolute Gasteiger partial charge is 0.289 e. The van der Waals surface area contributed by atoms with Gasteiger partial charge in [-0.25, -0.2) is 4.99 Å². The molecule has 0 radical (unpaired) electrons. The number of nitrogens with two attached hydrogens (primary N) is 2. The lowest BCUT2D eigenvalue weighted by molar-refractivity contribution is 0.539. The molecule has 0 unspecified atom stereocenters. The molecule has 4 nitrogen and oxygen atoms in total. The first-order chi connectivity index (χ1) is 4.16. The van der Waals surface area contributed by atoms with Crippen molar-refractivity contribution >= 4 is 23.4 Å². The summed E-state index contributed by atoms with van der Waals surface area (Å²) in [5, 5.41) is -0.107. The Morgan fingerprint density at radius 2 is 2.22 bits per heavy atom. The van der Waals surface area contributed by atoms with Crippen LogP contribution in [0.3, 0.4) is 0 Å². The number of hydrogen-bond donors (Lipinski definition) is 2. The molecule has 0 aromatic rings. The molecule has 0 aromatic carbocycles. The van der Waals surface area contributed by atoms with E-state index in [1.165, 1.54) is 0 Å². The standard InChI is InChI=1S/C4H9N3OS/c1-2-7-3(5)8-4(6)9/h2H2,1H3,(H2,5,7)(H2,6,9). The second kappa shape index (κ2) is 4.08. The topological polar surface area (TPSA) is 73.6 Å². The third-order valence-electron chi connectivity index (χ3n) is 0.519. The maximum Gasteiger partial charge on any atom is 0.289 e. The van der Waals surface area contributed by atoms with Crippen LogP contribution in [0, 0.1) is 0 Å². The zero-order chi connectivity index (χ0) is 7.28. The second-order valence-electron chi connectivity index (χ2n) is 1.23. The molecular weight excluding hydrogens is 138 g/mol. The molecule has 4 N–H and O–H groups in total. The minimum Gasteiger partial charge on any atom is -0.399 e. The highest BCUT2D eigenvalue weighted by molar-refractivity contribution is 7.80. The number of thiocarbonyl (C=S) groups is 1. The molecule has 0 heterocycles. The van der Waals surface area contributed by atoms with Crippen molar-refractivity contribution in [3.8, 4) is 0 Å². The van der Waals surface area contributed by atoms with Gasteiger partial charge < -0.3 is 16.2 Å². The summed E-state index contributed by atoms with van der Waals surface area (Å²) >= 11 is 4.38. The van der Waals surface area contributed by atoms with Crippen LogP contribution in [0.25, 0.3) is 0 Å². The lowest BCUT2D eigenvalue weighted by Crippen LogP contribution is -2.24. The first kappa shape index (κ1) is 8.16. The van der Waals surface area contributed by atoms with Crippen molar-refractivity contribution in [3.05, 3.63) is 0 Å². The zero-order valence-corrected chi connectivity index (χ0v) is 5.94. The summed E-state index contributed by atoms with van der Waals surface area (Å²) in [6.45, 7) is 2.39. The highest BCUT2D eigenvalue weighted by Crippen LogP contribution is 1.74. The predicted octanol–water partition coefficient (Wildman–Crippen LogP) is -0.419. The van der Waals surface area contributed by atoms with E-state index in [4.69, 9.17) is 11.5 Å². The molecule has 0 aromatic heterocycles. The summed E-state index contributed by atoms with van der Waals surface area (Å²) < 4.78 is 4.53. The molecule has 0 aliphatic carbocycles. The van der Waals surface area contributed by atoms with Crippen molar-refractivity contribution in [1.82, 2.24) is 0 Å². The van der Waals surface area contributed by atoms with Crippen LogP contribution in [-0.4, -0.2) is 17.7 Å². The fraction of sp³-hybridized carbons (Fsp3) is 0.500. The molecule has 5 heteroatoms. The van der Waals surface area contributed by atoms with Gasteiger partial charge in [0.2, 0.25) is 0 Å². The SMILES string of the molecule is CCN=C(N)OC(N)=S. The van der Waals surface area contributed by atoms with Gasteiger partial charge in [-0.1, -0.05) is 0 Å². The minimum absolute atomic E-state index is 0.0185. The Balaban J connectivity index is 3.62. The molecule has 52 valence electrons. The van der Waals surface area contributed by atoms with Crippen LogP contribution in [0.4, 0.5) is 0 Å².